The second-order valence-corrected chi connectivity index (χ2v) is 7.06. The third-order valence-electron chi connectivity index (χ3n) is 4.61. The third kappa shape index (κ3) is 3.71. The first-order valence-corrected chi connectivity index (χ1v) is 9.32. The first kappa shape index (κ1) is 18.5. The standard InChI is InChI=1S/C19H14FN9O2/c20-11-3-9(7-21)4-13(6-11)23-17-26-15-10(5-14-16(30)27-19(31)25-14)8-22-29(15)18(28-17)24-12-1-2-12/h3-6,8,12H,1-2H2,(H2,23,24,26,28)(H2,25,27,30,31)/b14-5-. The summed E-state index contributed by atoms with van der Waals surface area (Å²) in [6.45, 7) is 0. The fourth-order valence-corrected chi connectivity index (χ4v) is 3.05. The zero-order valence-electron chi connectivity index (χ0n) is 15.8. The number of nitrogens with one attached hydrogen (secondary N) is 4. The van der Waals surface area contributed by atoms with Crippen LogP contribution in [-0.4, -0.2) is 37.6 Å². The Labute approximate surface area is 174 Å². The molecular formula is C19H14FN9O2. The highest BCUT2D eigenvalue weighted by atomic mass is 19.1. The van der Waals surface area contributed by atoms with E-state index in [9.17, 15) is 14.0 Å². The second-order valence-electron chi connectivity index (χ2n) is 7.06. The summed E-state index contributed by atoms with van der Waals surface area (Å²) in [5.74, 6) is -0.574. The van der Waals surface area contributed by atoms with Crippen LogP contribution in [0, 0.1) is 17.1 Å². The zero-order valence-corrected chi connectivity index (χ0v) is 15.8. The summed E-state index contributed by atoms with van der Waals surface area (Å²) in [6.07, 6.45) is 4.94. The van der Waals surface area contributed by atoms with E-state index >= 15 is 0 Å². The van der Waals surface area contributed by atoms with E-state index in [0.717, 1.165) is 18.9 Å². The van der Waals surface area contributed by atoms with Gasteiger partial charge in [0.2, 0.25) is 11.9 Å². The number of hydrogen-bond donors (Lipinski definition) is 4. The minimum atomic E-state index is -0.611. The van der Waals surface area contributed by atoms with Gasteiger partial charge in [-0.25, -0.2) is 9.18 Å². The Morgan fingerprint density at radius 1 is 1.23 bits per heavy atom. The van der Waals surface area contributed by atoms with Gasteiger partial charge < -0.3 is 16.0 Å². The predicted octanol–water partition coefficient (Wildman–Crippen LogP) is 1.63. The summed E-state index contributed by atoms with van der Waals surface area (Å²) in [5.41, 5.74) is 1.35. The smallest absolute Gasteiger partial charge is 0.326 e. The molecule has 5 rings (SSSR count). The van der Waals surface area contributed by atoms with Crippen molar-refractivity contribution in [3.8, 4) is 6.07 Å². The summed E-state index contributed by atoms with van der Waals surface area (Å²) < 4.78 is 15.3. The molecule has 3 amide bonds. The normalized spacial score (nSPS) is 16.8. The summed E-state index contributed by atoms with van der Waals surface area (Å²) in [4.78, 5) is 32.1. The van der Waals surface area contributed by atoms with Crippen LogP contribution < -0.4 is 21.3 Å². The quantitative estimate of drug-likeness (QED) is 0.360. The second kappa shape index (κ2) is 7.06. The van der Waals surface area contributed by atoms with Crippen molar-refractivity contribution < 1.29 is 14.0 Å². The molecule has 2 aromatic heterocycles. The van der Waals surface area contributed by atoms with Crippen LogP contribution in [0.5, 0.6) is 0 Å². The average molecular weight is 419 g/mol. The number of benzene rings is 1. The van der Waals surface area contributed by atoms with Crippen molar-refractivity contribution in [1.29, 1.82) is 5.26 Å². The minimum absolute atomic E-state index is 0.0634. The Balaban J connectivity index is 1.58. The highest BCUT2D eigenvalue weighted by Gasteiger charge is 2.26. The van der Waals surface area contributed by atoms with E-state index in [0.29, 0.717) is 22.8 Å². The number of halogens is 1. The molecule has 2 fully saturated rings. The van der Waals surface area contributed by atoms with Gasteiger partial charge in [0.1, 0.15) is 11.5 Å². The van der Waals surface area contributed by atoms with Gasteiger partial charge >= 0.3 is 6.03 Å². The Kier molecular flexibility index (Phi) is 4.21. The lowest BCUT2D eigenvalue weighted by atomic mass is 10.2. The van der Waals surface area contributed by atoms with Crippen LogP contribution in [0.4, 0.5) is 26.8 Å². The molecule has 12 heteroatoms. The van der Waals surface area contributed by atoms with Crippen LogP contribution in [0.25, 0.3) is 11.7 Å². The van der Waals surface area contributed by atoms with Crippen LogP contribution >= 0.6 is 0 Å². The lowest BCUT2D eigenvalue weighted by molar-refractivity contribution is -0.115. The number of fused-ring (bicyclic) bond motifs is 1. The maximum Gasteiger partial charge on any atom is 0.326 e. The lowest BCUT2D eigenvalue weighted by Crippen LogP contribution is -2.22. The van der Waals surface area contributed by atoms with E-state index in [4.69, 9.17) is 5.26 Å². The zero-order chi connectivity index (χ0) is 21.5. The topological polar surface area (TPSA) is 149 Å². The highest BCUT2D eigenvalue weighted by Crippen LogP contribution is 2.26. The lowest BCUT2D eigenvalue weighted by Gasteiger charge is -2.10. The van der Waals surface area contributed by atoms with Crippen LogP contribution in [0.1, 0.15) is 24.0 Å². The fraction of sp³-hybridized carbons (Fsp3) is 0.158. The maximum atomic E-state index is 13.8. The van der Waals surface area contributed by atoms with E-state index in [1.54, 1.807) is 0 Å². The van der Waals surface area contributed by atoms with Crippen molar-refractivity contribution in [2.45, 2.75) is 18.9 Å². The molecule has 1 saturated carbocycles. The number of imide groups is 1. The van der Waals surface area contributed by atoms with Crippen molar-refractivity contribution in [3.05, 3.63) is 47.0 Å². The summed E-state index contributed by atoms with van der Waals surface area (Å²) >= 11 is 0. The van der Waals surface area contributed by atoms with Crippen molar-refractivity contribution in [2.24, 2.45) is 0 Å². The van der Waals surface area contributed by atoms with E-state index in [2.05, 4.69) is 36.3 Å². The molecule has 0 spiro atoms. The van der Waals surface area contributed by atoms with Crippen molar-refractivity contribution in [1.82, 2.24) is 30.2 Å². The number of nitriles is 1. The number of urea groups is 1. The maximum absolute atomic E-state index is 13.8. The van der Waals surface area contributed by atoms with Gasteiger partial charge in [-0.1, -0.05) is 0 Å². The van der Waals surface area contributed by atoms with Gasteiger partial charge in [-0.15, -0.1) is 0 Å². The molecular weight excluding hydrogens is 405 g/mol. The molecule has 1 aliphatic heterocycles. The van der Waals surface area contributed by atoms with Crippen LogP contribution in [0.15, 0.2) is 30.1 Å². The molecule has 0 unspecified atom stereocenters. The van der Waals surface area contributed by atoms with Gasteiger partial charge in [0.05, 0.1) is 17.8 Å². The molecule has 1 aromatic carbocycles. The highest BCUT2D eigenvalue weighted by molar-refractivity contribution is 6.14. The van der Waals surface area contributed by atoms with Crippen LogP contribution in [0.3, 0.4) is 0 Å². The van der Waals surface area contributed by atoms with Crippen LogP contribution in [0.2, 0.25) is 0 Å². The number of nitrogens with zero attached hydrogens (tertiary/aromatic N) is 5. The average Bonchev–Trinajstić information content (AvgIpc) is 3.36. The fourth-order valence-electron chi connectivity index (χ4n) is 3.05. The largest absolute Gasteiger partial charge is 0.351 e. The van der Waals surface area contributed by atoms with Gasteiger partial charge in [-0.05, 0) is 37.1 Å². The first-order chi connectivity index (χ1) is 15.0. The first-order valence-electron chi connectivity index (χ1n) is 9.32. The Morgan fingerprint density at radius 3 is 2.77 bits per heavy atom. The molecule has 1 aliphatic carbocycles. The predicted molar refractivity (Wildman–Crippen MR) is 106 cm³/mol. The summed E-state index contributed by atoms with van der Waals surface area (Å²) in [5, 5.41) is 24.1. The number of carbonyl (C=O) groups is 2. The number of hydrogen-bond acceptors (Lipinski definition) is 8. The van der Waals surface area contributed by atoms with Gasteiger partial charge in [0.15, 0.2) is 5.65 Å². The number of carbonyl (C=O) groups excluding carboxylic acids is 2. The summed E-state index contributed by atoms with van der Waals surface area (Å²) in [7, 11) is 0. The molecule has 154 valence electrons. The van der Waals surface area contributed by atoms with E-state index < -0.39 is 17.8 Å². The van der Waals surface area contributed by atoms with E-state index in [-0.39, 0.29) is 23.3 Å². The van der Waals surface area contributed by atoms with Crippen LogP contribution in [-0.2, 0) is 4.79 Å². The Hall–Kier alpha value is -4.53. The van der Waals surface area contributed by atoms with Crippen molar-refractivity contribution in [3.63, 3.8) is 0 Å². The number of anilines is 3. The van der Waals surface area contributed by atoms with E-state index in [1.807, 2.05) is 6.07 Å². The molecule has 11 nitrogen and oxygen atoms in total. The third-order valence-corrected chi connectivity index (χ3v) is 4.61. The molecule has 0 bridgehead atoms. The molecule has 31 heavy (non-hydrogen) atoms. The van der Waals surface area contributed by atoms with Gasteiger partial charge in [0, 0.05) is 17.3 Å². The monoisotopic (exact) mass is 419 g/mol. The molecule has 4 N–H and O–H groups in total. The SMILES string of the molecule is N#Cc1cc(F)cc(Nc2nc(NC3CC3)n3ncc(/C=C4\NC(=O)NC4=O)c3n2)c1. The number of aromatic nitrogens is 4. The minimum Gasteiger partial charge on any atom is -0.351 e. The summed E-state index contributed by atoms with van der Waals surface area (Å²) in [6, 6.07) is 5.36. The molecule has 3 heterocycles. The molecule has 0 radical (unpaired) electrons. The van der Waals surface area contributed by atoms with Gasteiger partial charge in [-0.3, -0.25) is 10.1 Å². The molecule has 3 aromatic rings. The van der Waals surface area contributed by atoms with Crippen molar-refractivity contribution >= 4 is 41.2 Å². The van der Waals surface area contributed by atoms with Gasteiger partial charge in [-0.2, -0.15) is 24.8 Å². The number of rotatable bonds is 5. The Bertz CT molecular complexity index is 1320. The van der Waals surface area contributed by atoms with E-state index in [1.165, 1.54) is 28.9 Å². The molecule has 0 atom stereocenters. The van der Waals surface area contributed by atoms with Crippen molar-refractivity contribution in [2.75, 3.05) is 10.6 Å². The number of amides is 3. The Morgan fingerprint density at radius 2 is 2.06 bits per heavy atom. The molecule has 2 aliphatic rings. The van der Waals surface area contributed by atoms with Gasteiger partial charge in [0.25, 0.3) is 5.91 Å². The molecule has 1 saturated heterocycles.